The van der Waals surface area contributed by atoms with Crippen LogP contribution in [0, 0.1) is 16.0 Å². The molecule has 1 aliphatic heterocycles. The minimum atomic E-state index is -0.741. The molecule has 0 aliphatic carbocycles. The van der Waals surface area contributed by atoms with Gasteiger partial charge in [-0.2, -0.15) is 5.10 Å². The molecule has 1 aromatic heterocycles. The summed E-state index contributed by atoms with van der Waals surface area (Å²) >= 11 is 0. The molecule has 11 nitrogen and oxygen atoms in total. The van der Waals surface area contributed by atoms with Gasteiger partial charge >= 0.3 is 5.97 Å². The number of nitrogens with two attached hydrogens (primary N) is 1. The summed E-state index contributed by atoms with van der Waals surface area (Å²) in [4.78, 5) is 46.6. The zero-order valence-corrected chi connectivity index (χ0v) is 16.3. The number of nitro benzene ring substituents is 1. The number of carbonyl (C=O) groups is 3. The highest BCUT2D eigenvalue weighted by atomic mass is 16.6. The molecule has 158 valence electrons. The number of nitro groups is 1. The van der Waals surface area contributed by atoms with Crippen molar-refractivity contribution in [2.45, 2.75) is 26.3 Å². The number of nitrogens with one attached hydrogen (secondary N) is 1. The first-order chi connectivity index (χ1) is 14.3. The number of rotatable bonds is 7. The van der Waals surface area contributed by atoms with Crippen molar-refractivity contribution in [3.8, 4) is 0 Å². The van der Waals surface area contributed by atoms with E-state index in [4.69, 9.17) is 10.5 Å². The van der Waals surface area contributed by atoms with Gasteiger partial charge in [0.1, 0.15) is 0 Å². The third-order valence-corrected chi connectivity index (χ3v) is 4.90. The van der Waals surface area contributed by atoms with Crippen LogP contribution in [0.2, 0.25) is 0 Å². The van der Waals surface area contributed by atoms with E-state index in [-0.39, 0.29) is 29.3 Å². The number of benzene rings is 1. The van der Waals surface area contributed by atoms with Crippen molar-refractivity contribution in [3.63, 3.8) is 0 Å². The van der Waals surface area contributed by atoms with Gasteiger partial charge in [0.15, 0.2) is 0 Å². The second kappa shape index (κ2) is 8.72. The number of amides is 2. The van der Waals surface area contributed by atoms with Crippen molar-refractivity contribution in [3.05, 3.63) is 56.9 Å². The molecular formula is C19H21N5O6. The highest BCUT2D eigenvalue weighted by Gasteiger charge is 2.25. The zero-order chi connectivity index (χ0) is 21.8. The maximum atomic E-state index is 12.6. The molecule has 1 aliphatic rings. The lowest BCUT2D eigenvalue weighted by Gasteiger charge is -2.24. The number of aryl methyl sites for hydroxylation is 1. The van der Waals surface area contributed by atoms with Gasteiger partial charge in [0.25, 0.3) is 17.5 Å². The average molecular weight is 415 g/mol. The molecule has 1 aromatic carbocycles. The Morgan fingerprint density at radius 2 is 2.07 bits per heavy atom. The summed E-state index contributed by atoms with van der Waals surface area (Å²) in [5, 5.41) is 18.1. The normalized spacial score (nSPS) is 15.2. The Hall–Kier alpha value is -3.76. The summed E-state index contributed by atoms with van der Waals surface area (Å²) in [6.45, 7) is 2.60. The number of esters is 1. The zero-order valence-electron chi connectivity index (χ0n) is 16.3. The van der Waals surface area contributed by atoms with Crippen LogP contribution in [0.15, 0.2) is 24.4 Å². The van der Waals surface area contributed by atoms with Gasteiger partial charge in [0, 0.05) is 30.8 Å². The predicted molar refractivity (Wildman–Crippen MR) is 104 cm³/mol. The standard InChI is InChI=1S/C19H21N5O6/c1-2-30-19(27)13-6-12(7-14(8-13)24(28)29)18(26)21-9-11-3-4-23-16(5-11)15(10-22-23)17(20)25/h6-8,10-11H,2-5,9H2,1H3,(H2,20,25)(H,21,26)/t11-/m1/s1. The summed E-state index contributed by atoms with van der Waals surface area (Å²) in [5.74, 6) is -1.79. The lowest BCUT2D eigenvalue weighted by molar-refractivity contribution is -0.384. The first-order valence-corrected chi connectivity index (χ1v) is 9.39. The highest BCUT2D eigenvalue weighted by Crippen LogP contribution is 2.23. The van der Waals surface area contributed by atoms with Crippen molar-refractivity contribution >= 4 is 23.5 Å². The van der Waals surface area contributed by atoms with Gasteiger partial charge < -0.3 is 15.8 Å². The second-order valence-corrected chi connectivity index (χ2v) is 6.91. The Balaban J connectivity index is 1.71. The van der Waals surface area contributed by atoms with Gasteiger partial charge in [0.05, 0.1) is 34.5 Å². The van der Waals surface area contributed by atoms with E-state index in [9.17, 15) is 24.5 Å². The first kappa shape index (κ1) is 21.0. The topological polar surface area (TPSA) is 159 Å². The molecule has 0 spiro atoms. The van der Waals surface area contributed by atoms with Gasteiger partial charge in [-0.15, -0.1) is 0 Å². The minimum absolute atomic E-state index is 0.00840. The number of aromatic nitrogens is 2. The molecule has 2 heterocycles. The molecule has 0 unspecified atom stereocenters. The minimum Gasteiger partial charge on any atom is -0.462 e. The quantitative estimate of drug-likeness (QED) is 0.388. The van der Waals surface area contributed by atoms with Crippen molar-refractivity contribution in [2.75, 3.05) is 13.2 Å². The number of ether oxygens (including phenoxy) is 1. The van der Waals surface area contributed by atoms with Crippen molar-refractivity contribution in [2.24, 2.45) is 11.7 Å². The Morgan fingerprint density at radius 3 is 2.73 bits per heavy atom. The van der Waals surface area contributed by atoms with E-state index in [0.717, 1.165) is 24.2 Å². The maximum Gasteiger partial charge on any atom is 0.338 e. The first-order valence-electron chi connectivity index (χ1n) is 9.39. The van der Waals surface area contributed by atoms with Gasteiger partial charge in [-0.1, -0.05) is 0 Å². The Kier molecular flexibility index (Phi) is 6.09. The second-order valence-electron chi connectivity index (χ2n) is 6.91. The molecule has 2 aromatic rings. The molecule has 3 rings (SSSR count). The van der Waals surface area contributed by atoms with Crippen molar-refractivity contribution in [1.29, 1.82) is 0 Å². The fourth-order valence-corrected chi connectivity index (χ4v) is 3.40. The molecule has 0 saturated heterocycles. The monoisotopic (exact) mass is 415 g/mol. The van der Waals surface area contributed by atoms with Gasteiger partial charge in [-0.05, 0) is 31.7 Å². The van der Waals surface area contributed by atoms with Crippen LogP contribution in [0.3, 0.4) is 0 Å². The molecule has 0 fully saturated rings. The smallest absolute Gasteiger partial charge is 0.338 e. The lowest BCUT2D eigenvalue weighted by atomic mass is 9.94. The third-order valence-electron chi connectivity index (χ3n) is 4.90. The van der Waals surface area contributed by atoms with Crippen LogP contribution in [-0.4, -0.2) is 45.6 Å². The predicted octanol–water partition coefficient (Wildman–Crippen LogP) is 1.06. The maximum absolute atomic E-state index is 12.6. The SMILES string of the molecule is CCOC(=O)c1cc(C(=O)NC[C@@H]2CCn3ncc(C(N)=O)c3C2)cc([N+](=O)[O-])c1. The molecule has 2 amide bonds. The molecule has 0 bridgehead atoms. The van der Waals surface area contributed by atoms with Crippen LogP contribution in [0.1, 0.15) is 50.1 Å². The number of non-ortho nitro benzene ring substituents is 1. The molecule has 3 N–H and O–H groups in total. The van der Waals surface area contributed by atoms with E-state index in [1.54, 1.807) is 11.6 Å². The fraction of sp³-hybridized carbons (Fsp3) is 0.368. The number of hydrogen-bond acceptors (Lipinski definition) is 7. The molecule has 1 atom stereocenters. The van der Waals surface area contributed by atoms with Crippen LogP contribution in [0.4, 0.5) is 5.69 Å². The number of nitrogens with zero attached hydrogens (tertiary/aromatic N) is 3. The van der Waals surface area contributed by atoms with E-state index < -0.39 is 22.7 Å². The van der Waals surface area contributed by atoms with Gasteiger partial charge in [-0.25, -0.2) is 4.79 Å². The van der Waals surface area contributed by atoms with Gasteiger partial charge in [0.2, 0.25) is 0 Å². The number of primary amides is 1. The van der Waals surface area contributed by atoms with E-state index in [2.05, 4.69) is 10.4 Å². The number of fused-ring (bicyclic) bond motifs is 1. The summed E-state index contributed by atoms with van der Waals surface area (Å²) in [6.07, 6.45) is 2.69. The van der Waals surface area contributed by atoms with E-state index in [1.165, 1.54) is 12.3 Å². The molecule has 0 saturated carbocycles. The molecule has 11 heteroatoms. The Bertz CT molecular complexity index is 1010. The number of hydrogen-bond donors (Lipinski definition) is 2. The van der Waals surface area contributed by atoms with E-state index in [1.807, 2.05) is 0 Å². The highest BCUT2D eigenvalue weighted by molar-refractivity contribution is 5.99. The molecule has 0 radical (unpaired) electrons. The summed E-state index contributed by atoms with van der Waals surface area (Å²) in [6, 6.07) is 3.45. The van der Waals surface area contributed by atoms with E-state index >= 15 is 0 Å². The number of carbonyl (C=O) groups excluding carboxylic acids is 3. The lowest BCUT2D eigenvalue weighted by Crippen LogP contribution is -2.34. The molecule has 30 heavy (non-hydrogen) atoms. The van der Waals surface area contributed by atoms with Crippen LogP contribution in [0.5, 0.6) is 0 Å². The summed E-state index contributed by atoms with van der Waals surface area (Å²) < 4.78 is 6.60. The van der Waals surface area contributed by atoms with Crippen LogP contribution in [0.25, 0.3) is 0 Å². The van der Waals surface area contributed by atoms with Gasteiger partial charge in [-0.3, -0.25) is 24.4 Å². The summed E-state index contributed by atoms with van der Waals surface area (Å²) in [7, 11) is 0. The van der Waals surface area contributed by atoms with E-state index in [0.29, 0.717) is 25.1 Å². The molecular weight excluding hydrogens is 394 g/mol. The Labute approximate surface area is 171 Å². The fourth-order valence-electron chi connectivity index (χ4n) is 3.40. The average Bonchev–Trinajstić information content (AvgIpc) is 3.15. The van der Waals surface area contributed by atoms with Crippen LogP contribution in [-0.2, 0) is 17.7 Å². The van der Waals surface area contributed by atoms with Crippen LogP contribution < -0.4 is 11.1 Å². The third kappa shape index (κ3) is 4.45. The Morgan fingerprint density at radius 1 is 1.33 bits per heavy atom. The largest absolute Gasteiger partial charge is 0.462 e. The summed E-state index contributed by atoms with van der Waals surface area (Å²) in [5.41, 5.74) is 6.01. The van der Waals surface area contributed by atoms with Crippen molar-refractivity contribution in [1.82, 2.24) is 15.1 Å². The van der Waals surface area contributed by atoms with Crippen molar-refractivity contribution < 1.29 is 24.0 Å². The van der Waals surface area contributed by atoms with Crippen LogP contribution >= 0.6 is 0 Å².